The van der Waals surface area contributed by atoms with E-state index in [-0.39, 0.29) is 0 Å². The molecule has 0 aromatic heterocycles. The van der Waals surface area contributed by atoms with E-state index in [4.69, 9.17) is 9.47 Å². The topological polar surface area (TPSA) is 30.5 Å². The summed E-state index contributed by atoms with van der Waals surface area (Å²) in [4.78, 5) is 0. The highest BCUT2D eigenvalue weighted by atomic mass is 79.9. The quantitative estimate of drug-likeness (QED) is 0.801. The predicted octanol–water partition coefficient (Wildman–Crippen LogP) is 4.31. The van der Waals surface area contributed by atoms with Crippen LogP contribution in [-0.2, 0) is 0 Å². The summed E-state index contributed by atoms with van der Waals surface area (Å²) in [5, 5.41) is 3.60. The van der Waals surface area contributed by atoms with E-state index in [0.717, 1.165) is 28.4 Å². The first-order chi connectivity index (χ1) is 9.71. The van der Waals surface area contributed by atoms with Crippen molar-refractivity contribution in [3.05, 3.63) is 22.2 Å². The minimum absolute atomic E-state index is 0.349. The number of nitrogens with one attached hydrogen (secondary N) is 1. The fourth-order valence-corrected chi connectivity index (χ4v) is 3.51. The number of benzene rings is 1. The molecule has 1 fully saturated rings. The van der Waals surface area contributed by atoms with Crippen molar-refractivity contribution in [1.29, 1.82) is 0 Å². The molecule has 0 spiro atoms. The first-order valence-corrected chi connectivity index (χ1v) is 8.14. The Bertz CT molecular complexity index is 446. The van der Waals surface area contributed by atoms with Gasteiger partial charge in [-0.3, -0.25) is 0 Å². The molecule has 0 saturated heterocycles. The fourth-order valence-electron chi connectivity index (χ4n) is 2.82. The minimum atomic E-state index is 0.349. The van der Waals surface area contributed by atoms with E-state index < -0.39 is 0 Å². The molecule has 1 atom stereocenters. The third-order valence-electron chi connectivity index (χ3n) is 4.14. The van der Waals surface area contributed by atoms with Crippen LogP contribution in [0.4, 0.5) is 0 Å². The van der Waals surface area contributed by atoms with Gasteiger partial charge < -0.3 is 14.8 Å². The van der Waals surface area contributed by atoms with Gasteiger partial charge in [0.2, 0.25) is 0 Å². The molecule has 3 nitrogen and oxygen atoms in total. The number of halogens is 1. The molecule has 1 aromatic rings. The summed E-state index contributed by atoms with van der Waals surface area (Å²) < 4.78 is 11.9. The van der Waals surface area contributed by atoms with Gasteiger partial charge in [0.15, 0.2) is 0 Å². The molecule has 112 valence electrons. The highest BCUT2D eigenvalue weighted by Gasteiger charge is 2.26. The summed E-state index contributed by atoms with van der Waals surface area (Å²) >= 11 is 3.59. The Balaban J connectivity index is 2.28. The maximum atomic E-state index is 5.61. The molecule has 1 aliphatic carbocycles. The highest BCUT2D eigenvalue weighted by Crippen LogP contribution is 2.43. The van der Waals surface area contributed by atoms with Crippen molar-refractivity contribution in [1.82, 2.24) is 5.32 Å². The third-order valence-corrected chi connectivity index (χ3v) is 4.89. The number of hydrogen-bond donors (Lipinski definition) is 1. The van der Waals surface area contributed by atoms with Crippen LogP contribution in [0.2, 0.25) is 0 Å². The van der Waals surface area contributed by atoms with Crippen LogP contribution in [0.25, 0.3) is 0 Å². The molecule has 1 N–H and O–H groups in total. The van der Waals surface area contributed by atoms with E-state index in [9.17, 15) is 0 Å². The van der Waals surface area contributed by atoms with Crippen LogP contribution in [0, 0.1) is 5.92 Å². The first-order valence-electron chi connectivity index (χ1n) is 7.35. The fraction of sp³-hybridized carbons (Fsp3) is 0.625. The van der Waals surface area contributed by atoms with Crippen LogP contribution in [0.3, 0.4) is 0 Å². The lowest BCUT2D eigenvalue weighted by Gasteiger charge is -2.31. The smallest absolute Gasteiger partial charge is 0.141 e. The molecule has 0 bridgehead atoms. The van der Waals surface area contributed by atoms with Crippen molar-refractivity contribution >= 4 is 15.9 Å². The van der Waals surface area contributed by atoms with Gasteiger partial charge in [0.25, 0.3) is 0 Å². The lowest BCUT2D eigenvalue weighted by atomic mass is 9.79. The van der Waals surface area contributed by atoms with Crippen LogP contribution in [0.15, 0.2) is 16.6 Å². The molecule has 1 aliphatic rings. The first kappa shape index (κ1) is 15.6. The molecule has 1 saturated carbocycles. The van der Waals surface area contributed by atoms with Gasteiger partial charge in [-0.1, -0.05) is 26.2 Å². The molecule has 1 aromatic carbocycles. The van der Waals surface area contributed by atoms with E-state index in [1.165, 1.54) is 31.2 Å². The Morgan fingerprint density at radius 1 is 1.30 bits per heavy atom. The van der Waals surface area contributed by atoms with E-state index in [1.807, 2.05) is 6.07 Å². The molecular weight excluding hydrogens is 318 g/mol. The molecule has 0 radical (unpaired) electrons. The van der Waals surface area contributed by atoms with Gasteiger partial charge in [-0.2, -0.15) is 0 Å². The summed E-state index contributed by atoms with van der Waals surface area (Å²) in [7, 11) is 3.39. The number of methoxy groups -OCH3 is 2. The zero-order valence-corrected chi connectivity index (χ0v) is 14.1. The number of ether oxygens (including phenoxy) is 2. The molecule has 20 heavy (non-hydrogen) atoms. The Labute approximate surface area is 130 Å². The summed E-state index contributed by atoms with van der Waals surface area (Å²) in [5.74, 6) is 2.55. The Kier molecular flexibility index (Phi) is 5.73. The second-order valence-corrected chi connectivity index (χ2v) is 6.14. The van der Waals surface area contributed by atoms with Crippen LogP contribution in [0.5, 0.6) is 11.5 Å². The Hall–Kier alpha value is -0.740. The Morgan fingerprint density at radius 2 is 2.05 bits per heavy atom. The average molecular weight is 342 g/mol. The van der Waals surface area contributed by atoms with Crippen LogP contribution in [-0.4, -0.2) is 20.8 Å². The zero-order valence-electron chi connectivity index (χ0n) is 12.5. The molecule has 1 unspecified atom stereocenters. The molecule has 0 amide bonds. The lowest BCUT2D eigenvalue weighted by molar-refractivity contribution is 0.259. The van der Waals surface area contributed by atoms with Gasteiger partial charge in [0, 0.05) is 11.6 Å². The van der Waals surface area contributed by atoms with Gasteiger partial charge in [-0.25, -0.2) is 0 Å². The predicted molar refractivity (Wildman–Crippen MR) is 85.6 cm³/mol. The van der Waals surface area contributed by atoms with E-state index in [1.54, 1.807) is 14.2 Å². The van der Waals surface area contributed by atoms with Gasteiger partial charge in [0.1, 0.15) is 16.0 Å². The van der Waals surface area contributed by atoms with E-state index in [2.05, 4.69) is 34.2 Å². The monoisotopic (exact) mass is 341 g/mol. The maximum Gasteiger partial charge on any atom is 0.141 e. The Morgan fingerprint density at radius 3 is 2.55 bits per heavy atom. The van der Waals surface area contributed by atoms with Gasteiger partial charge >= 0.3 is 0 Å². The molecule has 0 heterocycles. The maximum absolute atomic E-state index is 5.61. The second-order valence-electron chi connectivity index (χ2n) is 5.35. The summed E-state index contributed by atoms with van der Waals surface area (Å²) in [6.45, 7) is 3.11. The molecule has 4 heteroatoms. The number of hydrogen-bond acceptors (Lipinski definition) is 3. The molecule has 2 rings (SSSR count). The molecule has 0 aliphatic heterocycles. The molecular formula is C16H24BrNO2. The second kappa shape index (κ2) is 7.32. The average Bonchev–Trinajstić information content (AvgIpc) is 2.41. The van der Waals surface area contributed by atoms with Crippen LogP contribution >= 0.6 is 15.9 Å². The zero-order chi connectivity index (χ0) is 14.5. The van der Waals surface area contributed by atoms with Crippen molar-refractivity contribution in [2.24, 2.45) is 5.92 Å². The largest absolute Gasteiger partial charge is 0.495 e. The third kappa shape index (κ3) is 3.29. The van der Waals surface area contributed by atoms with Crippen molar-refractivity contribution in [3.8, 4) is 11.5 Å². The SMILES string of the molecule is CCNC(CC1CCC1)c1ccc(OC)c(Br)c1OC. The normalized spacial score (nSPS) is 16.6. The number of rotatable bonds is 7. The van der Waals surface area contributed by atoms with Crippen molar-refractivity contribution in [2.75, 3.05) is 20.8 Å². The van der Waals surface area contributed by atoms with Crippen molar-refractivity contribution in [2.45, 2.75) is 38.6 Å². The lowest BCUT2D eigenvalue weighted by Crippen LogP contribution is -2.26. The van der Waals surface area contributed by atoms with Crippen molar-refractivity contribution in [3.63, 3.8) is 0 Å². The minimum Gasteiger partial charge on any atom is -0.495 e. The highest BCUT2D eigenvalue weighted by molar-refractivity contribution is 9.10. The summed E-state index contributed by atoms with van der Waals surface area (Å²) in [6, 6.07) is 4.48. The van der Waals surface area contributed by atoms with Crippen molar-refractivity contribution < 1.29 is 9.47 Å². The van der Waals surface area contributed by atoms with Gasteiger partial charge in [-0.05, 0) is 46.9 Å². The van der Waals surface area contributed by atoms with Crippen LogP contribution in [0.1, 0.15) is 44.2 Å². The standard InChI is InChI=1S/C16H24BrNO2/c1-4-18-13(10-11-6-5-7-11)12-8-9-14(19-2)15(17)16(12)20-3/h8-9,11,13,18H,4-7,10H2,1-3H3. The van der Waals surface area contributed by atoms with E-state index >= 15 is 0 Å². The summed E-state index contributed by atoms with van der Waals surface area (Å²) in [5.41, 5.74) is 1.22. The van der Waals surface area contributed by atoms with Crippen LogP contribution < -0.4 is 14.8 Å². The van der Waals surface area contributed by atoms with E-state index in [0.29, 0.717) is 6.04 Å². The van der Waals surface area contributed by atoms with Gasteiger partial charge in [-0.15, -0.1) is 0 Å². The van der Waals surface area contributed by atoms with Gasteiger partial charge in [0.05, 0.1) is 14.2 Å². The summed E-state index contributed by atoms with van der Waals surface area (Å²) in [6.07, 6.45) is 5.29.